The number of rotatable bonds is 5. The Morgan fingerprint density at radius 1 is 0.905 bits per heavy atom. The zero-order chi connectivity index (χ0) is 15.4. The Labute approximate surface area is 130 Å². The van der Waals surface area contributed by atoms with Crippen molar-refractivity contribution in [3.63, 3.8) is 0 Å². The van der Waals surface area contributed by atoms with Crippen molar-refractivity contribution in [2.24, 2.45) is 0 Å². The summed E-state index contributed by atoms with van der Waals surface area (Å²) in [5.74, 6) is 1.09. The lowest BCUT2D eigenvalue weighted by Gasteiger charge is -2.22. The molecule has 0 spiro atoms. The van der Waals surface area contributed by atoms with Crippen LogP contribution in [0.1, 0.15) is 74.3 Å². The predicted molar refractivity (Wildman–Crippen MR) is 92.1 cm³/mol. The molecule has 2 rings (SSSR count). The van der Waals surface area contributed by atoms with Gasteiger partial charge in [-0.1, -0.05) is 71.0 Å². The lowest BCUT2D eigenvalue weighted by molar-refractivity contribution is 0.803. The smallest absolute Gasteiger partial charge is 0.00199 e. The van der Waals surface area contributed by atoms with Gasteiger partial charge < -0.3 is 0 Å². The second kappa shape index (κ2) is 6.93. The van der Waals surface area contributed by atoms with Crippen LogP contribution in [-0.2, 0) is 12.8 Å². The van der Waals surface area contributed by atoms with Gasteiger partial charge in [0, 0.05) is 0 Å². The molecular formula is C21H27. The summed E-state index contributed by atoms with van der Waals surface area (Å²) in [6, 6.07) is 16.6. The summed E-state index contributed by atoms with van der Waals surface area (Å²) < 4.78 is 0. The lowest BCUT2D eigenvalue weighted by Crippen LogP contribution is -2.07. The third-order valence-corrected chi connectivity index (χ3v) is 4.20. The van der Waals surface area contributed by atoms with Crippen LogP contribution in [0.2, 0.25) is 0 Å². The highest BCUT2D eigenvalue weighted by Crippen LogP contribution is 2.31. The van der Waals surface area contributed by atoms with Crippen LogP contribution >= 0.6 is 0 Å². The van der Waals surface area contributed by atoms with Crippen LogP contribution in [0.4, 0.5) is 0 Å². The predicted octanol–water partition coefficient (Wildman–Crippen LogP) is 5.89. The Morgan fingerprint density at radius 3 is 2.10 bits per heavy atom. The summed E-state index contributed by atoms with van der Waals surface area (Å²) >= 11 is 0. The minimum atomic E-state index is 0.523. The maximum atomic E-state index is 3.58. The Hall–Kier alpha value is -1.56. The first-order chi connectivity index (χ1) is 10.0. The Balaban J connectivity index is 2.56. The van der Waals surface area contributed by atoms with Gasteiger partial charge in [-0.25, -0.2) is 0 Å². The zero-order valence-electron chi connectivity index (χ0n) is 14.0. The zero-order valence-corrected chi connectivity index (χ0v) is 14.0. The monoisotopic (exact) mass is 279 g/mol. The summed E-state index contributed by atoms with van der Waals surface area (Å²) in [5, 5.41) is 0. The lowest BCUT2D eigenvalue weighted by atomic mass is 9.83. The highest BCUT2D eigenvalue weighted by Gasteiger charge is 2.16. The highest BCUT2D eigenvalue weighted by atomic mass is 14.2. The van der Waals surface area contributed by atoms with Gasteiger partial charge in [0.1, 0.15) is 0 Å². The van der Waals surface area contributed by atoms with E-state index in [4.69, 9.17) is 0 Å². The molecule has 0 amide bonds. The molecule has 0 aliphatic carbocycles. The Kier molecular flexibility index (Phi) is 5.22. The van der Waals surface area contributed by atoms with E-state index in [2.05, 4.69) is 77.1 Å². The van der Waals surface area contributed by atoms with Crippen molar-refractivity contribution < 1.29 is 0 Å². The van der Waals surface area contributed by atoms with E-state index in [0.717, 1.165) is 12.8 Å². The van der Waals surface area contributed by atoms with Crippen LogP contribution in [-0.4, -0.2) is 0 Å². The molecule has 0 unspecified atom stereocenters. The maximum absolute atomic E-state index is 3.58. The van der Waals surface area contributed by atoms with Crippen molar-refractivity contribution in [3.05, 3.63) is 70.3 Å². The van der Waals surface area contributed by atoms with E-state index in [0.29, 0.717) is 11.8 Å². The molecule has 0 N–H and O–H groups in total. The molecule has 0 aromatic heterocycles. The van der Waals surface area contributed by atoms with Crippen molar-refractivity contribution in [2.45, 2.75) is 59.3 Å². The number of benzene rings is 2. The van der Waals surface area contributed by atoms with Crippen molar-refractivity contribution >= 4 is 0 Å². The van der Waals surface area contributed by atoms with E-state index >= 15 is 0 Å². The third kappa shape index (κ3) is 3.56. The largest absolute Gasteiger partial charge is 0.0622 e. The summed E-state index contributed by atoms with van der Waals surface area (Å²) in [6.45, 7) is 11.4. The van der Waals surface area contributed by atoms with Gasteiger partial charge in [0.25, 0.3) is 0 Å². The molecule has 0 nitrogen and oxygen atoms in total. The fourth-order valence-electron chi connectivity index (χ4n) is 3.12. The van der Waals surface area contributed by atoms with Gasteiger partial charge in [0.05, 0.1) is 0 Å². The van der Waals surface area contributed by atoms with Crippen LogP contribution in [0.3, 0.4) is 0 Å². The first-order valence-corrected chi connectivity index (χ1v) is 8.14. The normalized spacial score (nSPS) is 11.4. The van der Waals surface area contributed by atoms with E-state index in [-0.39, 0.29) is 0 Å². The second-order valence-corrected chi connectivity index (χ2v) is 6.44. The number of hydrogen-bond acceptors (Lipinski definition) is 0. The van der Waals surface area contributed by atoms with Crippen molar-refractivity contribution in [1.82, 2.24) is 0 Å². The van der Waals surface area contributed by atoms with E-state index in [9.17, 15) is 0 Å². The minimum Gasteiger partial charge on any atom is -0.0622 e. The molecule has 0 aliphatic rings. The molecule has 0 aliphatic heterocycles. The summed E-state index contributed by atoms with van der Waals surface area (Å²) in [4.78, 5) is 0. The second-order valence-electron chi connectivity index (χ2n) is 6.44. The average Bonchev–Trinajstić information content (AvgIpc) is 2.47. The van der Waals surface area contributed by atoms with Crippen LogP contribution in [0.5, 0.6) is 0 Å². The molecule has 0 bridgehead atoms. The summed E-state index contributed by atoms with van der Waals surface area (Å²) in [7, 11) is 0. The molecule has 0 fully saturated rings. The van der Waals surface area contributed by atoms with Crippen molar-refractivity contribution in [2.75, 3.05) is 0 Å². The maximum Gasteiger partial charge on any atom is -0.00199 e. The summed E-state index contributed by atoms with van der Waals surface area (Å²) in [5.41, 5.74) is 7.29. The van der Waals surface area contributed by atoms with Gasteiger partial charge in [-0.05, 0) is 58.6 Å². The molecule has 111 valence electrons. The minimum absolute atomic E-state index is 0.523. The van der Waals surface area contributed by atoms with Gasteiger partial charge >= 0.3 is 0 Å². The molecule has 0 saturated carbocycles. The van der Waals surface area contributed by atoms with E-state index in [1.807, 2.05) is 0 Å². The van der Waals surface area contributed by atoms with Crippen molar-refractivity contribution in [1.29, 1.82) is 0 Å². The third-order valence-electron chi connectivity index (χ3n) is 4.20. The van der Waals surface area contributed by atoms with E-state index < -0.39 is 0 Å². The number of hydrogen-bond donors (Lipinski definition) is 0. The van der Waals surface area contributed by atoms with E-state index in [1.54, 1.807) is 0 Å². The van der Waals surface area contributed by atoms with Gasteiger partial charge in [-0.3, -0.25) is 0 Å². The fraction of sp³-hybridized carbons (Fsp3) is 0.429. The molecular weight excluding hydrogens is 252 g/mol. The van der Waals surface area contributed by atoms with Gasteiger partial charge in [-0.2, -0.15) is 0 Å². The van der Waals surface area contributed by atoms with Crippen LogP contribution < -0.4 is 0 Å². The molecule has 2 aromatic carbocycles. The summed E-state index contributed by atoms with van der Waals surface area (Å²) in [6.07, 6.45) is 2.12. The Morgan fingerprint density at radius 2 is 1.57 bits per heavy atom. The molecule has 2 aromatic rings. The topological polar surface area (TPSA) is 0 Å². The average molecular weight is 279 g/mol. The molecule has 0 heterocycles. The van der Waals surface area contributed by atoms with E-state index in [1.165, 1.54) is 27.8 Å². The highest BCUT2D eigenvalue weighted by molar-refractivity contribution is 5.45. The van der Waals surface area contributed by atoms with Crippen LogP contribution in [0.25, 0.3) is 0 Å². The SMILES string of the molecule is CCc1c(C(C)C)c[c]c(C(C)C)c1Cc1ccccc1. The van der Waals surface area contributed by atoms with Gasteiger partial charge in [-0.15, -0.1) is 0 Å². The van der Waals surface area contributed by atoms with Crippen molar-refractivity contribution in [3.8, 4) is 0 Å². The molecule has 21 heavy (non-hydrogen) atoms. The molecule has 0 heteroatoms. The Bertz CT molecular complexity index is 576. The van der Waals surface area contributed by atoms with Crippen LogP contribution in [0.15, 0.2) is 36.4 Å². The van der Waals surface area contributed by atoms with Gasteiger partial charge in [0.2, 0.25) is 0 Å². The quantitative estimate of drug-likeness (QED) is 0.640. The molecule has 1 radical (unpaired) electrons. The fourth-order valence-corrected chi connectivity index (χ4v) is 3.12. The molecule has 0 atom stereocenters. The molecule has 0 saturated heterocycles. The first kappa shape index (κ1) is 15.8. The van der Waals surface area contributed by atoms with Crippen LogP contribution in [0, 0.1) is 6.07 Å². The van der Waals surface area contributed by atoms with Gasteiger partial charge in [0.15, 0.2) is 0 Å². The standard InChI is InChI=1S/C21H27/c1-6-18-19(15(2)3)12-13-20(16(4)5)21(18)14-17-10-8-7-9-11-17/h7-12,15-16H,6,14H2,1-5H3. The first-order valence-electron chi connectivity index (χ1n) is 8.14.